The Morgan fingerprint density at radius 2 is 1.60 bits per heavy atom. The van der Waals surface area contributed by atoms with Crippen LogP contribution in [0.25, 0.3) is 0 Å². The van der Waals surface area contributed by atoms with E-state index in [1.807, 2.05) is 20.9 Å². The van der Waals surface area contributed by atoms with Gasteiger partial charge in [-0.1, -0.05) is 12.1 Å². The SMILES string of the molecule is CNC(C)C(O)c1cc(C)c(C)cc1C. The fraction of sp³-hybridized carbons (Fsp3) is 0.538. The Hall–Kier alpha value is -0.860. The fourth-order valence-electron chi connectivity index (χ4n) is 1.73. The average Bonchev–Trinajstić information content (AvgIpc) is 2.21. The molecular weight excluding hydrogens is 186 g/mol. The van der Waals surface area contributed by atoms with E-state index in [1.54, 1.807) is 0 Å². The van der Waals surface area contributed by atoms with Gasteiger partial charge in [-0.2, -0.15) is 0 Å². The van der Waals surface area contributed by atoms with Crippen LogP contribution >= 0.6 is 0 Å². The lowest BCUT2D eigenvalue weighted by atomic mass is 9.94. The minimum Gasteiger partial charge on any atom is -0.387 e. The van der Waals surface area contributed by atoms with Gasteiger partial charge in [-0.05, 0) is 57.0 Å². The van der Waals surface area contributed by atoms with Crippen LogP contribution in [0.1, 0.15) is 35.3 Å². The first-order chi connectivity index (χ1) is 6.97. The molecular formula is C13H21NO. The summed E-state index contributed by atoms with van der Waals surface area (Å²) in [7, 11) is 1.87. The highest BCUT2D eigenvalue weighted by Gasteiger charge is 2.17. The number of hydrogen-bond acceptors (Lipinski definition) is 2. The Kier molecular flexibility index (Phi) is 3.89. The van der Waals surface area contributed by atoms with Gasteiger partial charge < -0.3 is 10.4 Å². The number of aliphatic hydroxyl groups is 1. The van der Waals surface area contributed by atoms with Crippen molar-refractivity contribution in [1.82, 2.24) is 5.32 Å². The van der Waals surface area contributed by atoms with Gasteiger partial charge in [0.1, 0.15) is 0 Å². The van der Waals surface area contributed by atoms with Gasteiger partial charge in [-0.3, -0.25) is 0 Å². The molecule has 1 aromatic rings. The van der Waals surface area contributed by atoms with Crippen molar-refractivity contribution >= 4 is 0 Å². The summed E-state index contributed by atoms with van der Waals surface area (Å²) < 4.78 is 0. The molecule has 0 saturated carbocycles. The molecule has 0 bridgehead atoms. The Bertz CT molecular complexity index is 347. The van der Waals surface area contributed by atoms with Crippen molar-refractivity contribution in [2.24, 2.45) is 0 Å². The summed E-state index contributed by atoms with van der Waals surface area (Å²) in [6, 6.07) is 4.30. The second-order valence-corrected chi connectivity index (χ2v) is 4.32. The van der Waals surface area contributed by atoms with E-state index in [-0.39, 0.29) is 6.04 Å². The van der Waals surface area contributed by atoms with Crippen molar-refractivity contribution in [2.45, 2.75) is 39.8 Å². The van der Waals surface area contributed by atoms with Crippen molar-refractivity contribution in [3.05, 3.63) is 34.4 Å². The van der Waals surface area contributed by atoms with Crippen LogP contribution in [-0.4, -0.2) is 18.2 Å². The van der Waals surface area contributed by atoms with Crippen molar-refractivity contribution in [3.8, 4) is 0 Å². The molecule has 2 atom stereocenters. The molecule has 2 N–H and O–H groups in total. The lowest BCUT2D eigenvalue weighted by Gasteiger charge is -2.21. The highest BCUT2D eigenvalue weighted by molar-refractivity contribution is 5.38. The summed E-state index contributed by atoms with van der Waals surface area (Å²) in [6.45, 7) is 8.21. The Morgan fingerprint density at radius 1 is 1.07 bits per heavy atom. The van der Waals surface area contributed by atoms with Crippen LogP contribution in [0, 0.1) is 20.8 Å². The summed E-state index contributed by atoms with van der Waals surface area (Å²) >= 11 is 0. The maximum Gasteiger partial charge on any atom is 0.0942 e. The molecule has 0 heterocycles. The predicted molar refractivity (Wildman–Crippen MR) is 64.1 cm³/mol. The van der Waals surface area contributed by atoms with E-state index in [0.29, 0.717) is 0 Å². The molecule has 1 rings (SSSR count). The molecule has 0 fully saturated rings. The number of aryl methyl sites for hydroxylation is 3. The minimum atomic E-state index is -0.436. The third-order valence-electron chi connectivity index (χ3n) is 3.13. The van der Waals surface area contributed by atoms with E-state index >= 15 is 0 Å². The van der Waals surface area contributed by atoms with E-state index in [0.717, 1.165) is 11.1 Å². The zero-order chi connectivity index (χ0) is 11.6. The predicted octanol–water partition coefficient (Wildman–Crippen LogP) is 2.25. The number of hydrogen-bond donors (Lipinski definition) is 2. The lowest BCUT2D eigenvalue weighted by Crippen LogP contribution is -2.29. The maximum absolute atomic E-state index is 10.1. The lowest BCUT2D eigenvalue weighted by molar-refractivity contribution is 0.139. The molecule has 84 valence electrons. The van der Waals surface area contributed by atoms with Crippen LogP contribution in [0.5, 0.6) is 0 Å². The normalized spacial score (nSPS) is 15.1. The summed E-state index contributed by atoms with van der Waals surface area (Å²) in [4.78, 5) is 0. The van der Waals surface area contributed by atoms with Crippen molar-refractivity contribution < 1.29 is 5.11 Å². The third-order valence-corrected chi connectivity index (χ3v) is 3.13. The highest BCUT2D eigenvalue weighted by Crippen LogP contribution is 2.23. The summed E-state index contributed by atoms with van der Waals surface area (Å²) in [5, 5.41) is 13.2. The first-order valence-electron chi connectivity index (χ1n) is 5.40. The molecule has 1 aromatic carbocycles. The Balaban J connectivity index is 3.09. The van der Waals surface area contributed by atoms with E-state index in [4.69, 9.17) is 0 Å². The molecule has 0 aliphatic heterocycles. The van der Waals surface area contributed by atoms with E-state index in [2.05, 4.69) is 31.3 Å². The van der Waals surface area contributed by atoms with Crippen LogP contribution in [0.4, 0.5) is 0 Å². The highest BCUT2D eigenvalue weighted by atomic mass is 16.3. The number of likely N-dealkylation sites (N-methyl/N-ethyl adjacent to an activating group) is 1. The van der Waals surface area contributed by atoms with Crippen LogP contribution in [0.3, 0.4) is 0 Å². The average molecular weight is 207 g/mol. The van der Waals surface area contributed by atoms with Gasteiger partial charge in [0.25, 0.3) is 0 Å². The van der Waals surface area contributed by atoms with Crippen molar-refractivity contribution in [3.63, 3.8) is 0 Å². The number of rotatable bonds is 3. The number of benzene rings is 1. The maximum atomic E-state index is 10.1. The van der Waals surface area contributed by atoms with Crippen LogP contribution < -0.4 is 5.32 Å². The summed E-state index contributed by atoms with van der Waals surface area (Å²) in [6.07, 6.45) is -0.436. The molecule has 2 heteroatoms. The van der Waals surface area contributed by atoms with Gasteiger partial charge in [0, 0.05) is 6.04 Å². The van der Waals surface area contributed by atoms with E-state index in [9.17, 15) is 5.11 Å². The van der Waals surface area contributed by atoms with Gasteiger partial charge in [0.15, 0.2) is 0 Å². The van der Waals surface area contributed by atoms with Gasteiger partial charge in [-0.15, -0.1) is 0 Å². The second kappa shape index (κ2) is 4.77. The molecule has 0 aliphatic rings. The standard InChI is InChI=1S/C13H21NO/c1-8-6-10(3)12(7-9(8)2)13(15)11(4)14-5/h6-7,11,13-15H,1-5H3. The second-order valence-electron chi connectivity index (χ2n) is 4.32. The number of nitrogens with one attached hydrogen (secondary N) is 1. The third kappa shape index (κ3) is 2.58. The molecule has 0 amide bonds. The molecule has 0 aromatic heterocycles. The smallest absolute Gasteiger partial charge is 0.0942 e. The molecule has 15 heavy (non-hydrogen) atoms. The van der Waals surface area contributed by atoms with E-state index in [1.165, 1.54) is 11.1 Å². The van der Waals surface area contributed by atoms with Crippen molar-refractivity contribution in [1.29, 1.82) is 0 Å². The molecule has 0 radical (unpaired) electrons. The zero-order valence-corrected chi connectivity index (χ0v) is 10.3. The molecule has 0 saturated heterocycles. The monoisotopic (exact) mass is 207 g/mol. The molecule has 0 aliphatic carbocycles. The quantitative estimate of drug-likeness (QED) is 0.797. The largest absolute Gasteiger partial charge is 0.387 e. The fourth-order valence-corrected chi connectivity index (χ4v) is 1.73. The first-order valence-corrected chi connectivity index (χ1v) is 5.40. The topological polar surface area (TPSA) is 32.3 Å². The Labute approximate surface area is 92.3 Å². The summed E-state index contributed by atoms with van der Waals surface area (Å²) in [5.41, 5.74) is 4.70. The molecule has 0 spiro atoms. The number of aliphatic hydroxyl groups excluding tert-OH is 1. The first kappa shape index (κ1) is 12.2. The van der Waals surface area contributed by atoms with E-state index < -0.39 is 6.10 Å². The zero-order valence-electron chi connectivity index (χ0n) is 10.3. The summed E-state index contributed by atoms with van der Waals surface area (Å²) in [5.74, 6) is 0. The van der Waals surface area contributed by atoms with Gasteiger partial charge in [-0.25, -0.2) is 0 Å². The van der Waals surface area contributed by atoms with Crippen molar-refractivity contribution in [2.75, 3.05) is 7.05 Å². The molecule has 2 nitrogen and oxygen atoms in total. The van der Waals surface area contributed by atoms with Crippen LogP contribution in [0.15, 0.2) is 12.1 Å². The van der Waals surface area contributed by atoms with Gasteiger partial charge in [0.05, 0.1) is 6.10 Å². The van der Waals surface area contributed by atoms with Gasteiger partial charge >= 0.3 is 0 Å². The minimum absolute atomic E-state index is 0.0748. The van der Waals surface area contributed by atoms with Gasteiger partial charge in [0.2, 0.25) is 0 Å². The van der Waals surface area contributed by atoms with Crippen LogP contribution in [-0.2, 0) is 0 Å². The molecule has 2 unspecified atom stereocenters. The Morgan fingerprint density at radius 3 is 2.13 bits per heavy atom. The van der Waals surface area contributed by atoms with Crippen LogP contribution in [0.2, 0.25) is 0 Å².